The van der Waals surface area contributed by atoms with Crippen molar-refractivity contribution < 1.29 is 9.53 Å². The number of hydrogen-bond donors (Lipinski definition) is 1. The molecule has 0 bridgehead atoms. The van der Waals surface area contributed by atoms with Crippen LogP contribution in [0.4, 0.5) is 0 Å². The molecule has 0 spiro atoms. The van der Waals surface area contributed by atoms with Crippen molar-refractivity contribution in [2.45, 2.75) is 70.6 Å². The molecule has 2 heterocycles. The van der Waals surface area contributed by atoms with Gasteiger partial charge >= 0.3 is 0 Å². The lowest BCUT2D eigenvalue weighted by Crippen LogP contribution is -2.47. The van der Waals surface area contributed by atoms with Crippen molar-refractivity contribution in [1.29, 1.82) is 0 Å². The molecule has 0 aromatic carbocycles. The summed E-state index contributed by atoms with van der Waals surface area (Å²) in [6.07, 6.45) is 4.20. The van der Waals surface area contributed by atoms with Crippen molar-refractivity contribution in [2.24, 2.45) is 5.92 Å². The topological polar surface area (TPSA) is 38.3 Å². The van der Waals surface area contributed by atoms with Crippen molar-refractivity contribution in [3.63, 3.8) is 0 Å². The summed E-state index contributed by atoms with van der Waals surface area (Å²) in [4.78, 5) is 12.6. The standard InChI is InChI=1S/C14H25NO2/c1-13(2)9-10(14(3,4)17-13)12(16)11-7-5-6-8-15-11/h10-11,15H,5-9H2,1-4H3. The average molecular weight is 239 g/mol. The fraction of sp³-hybridized carbons (Fsp3) is 0.929. The zero-order chi connectivity index (χ0) is 12.7. The predicted octanol–water partition coefficient (Wildman–Crippen LogP) is 2.29. The number of nitrogens with one attached hydrogen (secondary N) is 1. The molecule has 0 amide bonds. The molecule has 17 heavy (non-hydrogen) atoms. The smallest absolute Gasteiger partial charge is 0.155 e. The summed E-state index contributed by atoms with van der Waals surface area (Å²) >= 11 is 0. The number of hydrogen-bond acceptors (Lipinski definition) is 3. The van der Waals surface area contributed by atoms with Crippen LogP contribution in [-0.4, -0.2) is 29.6 Å². The monoisotopic (exact) mass is 239 g/mol. The summed E-state index contributed by atoms with van der Waals surface area (Å²) in [6.45, 7) is 9.24. The summed E-state index contributed by atoms with van der Waals surface area (Å²) in [5, 5.41) is 3.36. The first kappa shape index (κ1) is 13.0. The van der Waals surface area contributed by atoms with Gasteiger partial charge in [-0.15, -0.1) is 0 Å². The van der Waals surface area contributed by atoms with Crippen molar-refractivity contribution in [2.75, 3.05) is 6.54 Å². The lowest BCUT2D eigenvalue weighted by atomic mass is 9.80. The molecule has 0 saturated carbocycles. The van der Waals surface area contributed by atoms with E-state index in [1.165, 1.54) is 12.8 Å². The molecule has 2 fully saturated rings. The van der Waals surface area contributed by atoms with Gasteiger partial charge in [0.15, 0.2) is 5.78 Å². The highest BCUT2D eigenvalue weighted by Crippen LogP contribution is 2.43. The molecule has 0 radical (unpaired) electrons. The van der Waals surface area contributed by atoms with Gasteiger partial charge < -0.3 is 10.1 Å². The Morgan fingerprint density at radius 1 is 1.24 bits per heavy atom. The Kier molecular flexibility index (Phi) is 3.34. The van der Waals surface area contributed by atoms with Crippen LogP contribution in [0.3, 0.4) is 0 Å². The van der Waals surface area contributed by atoms with Gasteiger partial charge in [0.2, 0.25) is 0 Å². The second-order valence-corrected chi connectivity index (χ2v) is 6.63. The molecule has 2 rings (SSSR count). The molecule has 98 valence electrons. The van der Waals surface area contributed by atoms with E-state index in [1.54, 1.807) is 0 Å². The van der Waals surface area contributed by atoms with E-state index in [0.29, 0.717) is 5.78 Å². The number of carbonyl (C=O) groups is 1. The quantitative estimate of drug-likeness (QED) is 0.803. The summed E-state index contributed by atoms with van der Waals surface area (Å²) in [5.74, 6) is 0.397. The van der Waals surface area contributed by atoms with Gasteiger partial charge in [0.05, 0.1) is 23.2 Å². The summed E-state index contributed by atoms with van der Waals surface area (Å²) < 4.78 is 6.01. The van der Waals surface area contributed by atoms with E-state index in [2.05, 4.69) is 19.2 Å². The van der Waals surface area contributed by atoms with Gasteiger partial charge in [-0.25, -0.2) is 0 Å². The van der Waals surface area contributed by atoms with Crippen LogP contribution in [0.15, 0.2) is 0 Å². The molecule has 3 heteroatoms. The molecule has 2 aliphatic heterocycles. The van der Waals surface area contributed by atoms with Crippen LogP contribution in [0.2, 0.25) is 0 Å². The number of ketones is 1. The molecule has 1 N–H and O–H groups in total. The van der Waals surface area contributed by atoms with Crippen molar-refractivity contribution >= 4 is 5.78 Å². The highest BCUT2D eigenvalue weighted by atomic mass is 16.5. The molecule has 2 saturated heterocycles. The molecule has 3 nitrogen and oxygen atoms in total. The van der Waals surface area contributed by atoms with E-state index < -0.39 is 0 Å². The second kappa shape index (κ2) is 4.36. The number of carbonyl (C=O) groups excluding carboxylic acids is 1. The largest absolute Gasteiger partial charge is 0.369 e. The van der Waals surface area contributed by atoms with Crippen LogP contribution in [0.25, 0.3) is 0 Å². The predicted molar refractivity (Wildman–Crippen MR) is 68.0 cm³/mol. The van der Waals surface area contributed by atoms with Crippen molar-refractivity contribution in [3.05, 3.63) is 0 Å². The lowest BCUT2D eigenvalue weighted by Gasteiger charge is -2.30. The van der Waals surface area contributed by atoms with Gasteiger partial charge in [0.25, 0.3) is 0 Å². The van der Waals surface area contributed by atoms with E-state index in [4.69, 9.17) is 4.74 Å². The third-order valence-electron chi connectivity index (χ3n) is 4.07. The molecule has 0 aromatic heterocycles. The van der Waals surface area contributed by atoms with E-state index in [0.717, 1.165) is 19.4 Å². The van der Waals surface area contributed by atoms with Crippen LogP contribution in [0.5, 0.6) is 0 Å². The Morgan fingerprint density at radius 2 is 1.94 bits per heavy atom. The fourth-order valence-electron chi connectivity index (χ4n) is 3.34. The number of piperidine rings is 1. The first-order valence-corrected chi connectivity index (χ1v) is 6.79. The second-order valence-electron chi connectivity index (χ2n) is 6.63. The van der Waals surface area contributed by atoms with Gasteiger partial charge in [-0.3, -0.25) is 4.79 Å². The third kappa shape index (κ3) is 2.71. The average Bonchev–Trinajstić information content (AvgIpc) is 2.47. The molecule has 0 aliphatic carbocycles. The Bertz CT molecular complexity index is 303. The summed E-state index contributed by atoms with van der Waals surface area (Å²) in [5.41, 5.74) is -0.488. The Hall–Kier alpha value is -0.410. The highest BCUT2D eigenvalue weighted by Gasteiger charge is 2.50. The molecule has 0 aromatic rings. The Morgan fingerprint density at radius 3 is 2.41 bits per heavy atom. The maximum atomic E-state index is 12.6. The number of ether oxygens (including phenoxy) is 1. The zero-order valence-electron chi connectivity index (χ0n) is 11.5. The van der Waals surface area contributed by atoms with Gasteiger partial charge in [-0.2, -0.15) is 0 Å². The van der Waals surface area contributed by atoms with Crippen LogP contribution in [0.1, 0.15) is 53.4 Å². The van der Waals surface area contributed by atoms with Gasteiger partial charge in [-0.05, 0) is 53.5 Å². The molecular formula is C14H25NO2. The number of rotatable bonds is 2. The molecule has 2 unspecified atom stereocenters. The minimum atomic E-state index is -0.320. The maximum absolute atomic E-state index is 12.6. The Balaban J connectivity index is 2.08. The minimum Gasteiger partial charge on any atom is -0.369 e. The fourth-order valence-corrected chi connectivity index (χ4v) is 3.34. The Labute approximate surface area is 104 Å². The van der Waals surface area contributed by atoms with Crippen LogP contribution < -0.4 is 5.32 Å². The van der Waals surface area contributed by atoms with Crippen molar-refractivity contribution in [1.82, 2.24) is 5.32 Å². The highest BCUT2D eigenvalue weighted by molar-refractivity contribution is 5.87. The van der Waals surface area contributed by atoms with E-state index in [1.807, 2.05) is 13.8 Å². The van der Waals surface area contributed by atoms with E-state index in [-0.39, 0.29) is 23.2 Å². The minimum absolute atomic E-state index is 0.0353. The molecule has 2 atom stereocenters. The third-order valence-corrected chi connectivity index (χ3v) is 4.07. The van der Waals surface area contributed by atoms with Gasteiger partial charge in [0.1, 0.15) is 0 Å². The molecular weight excluding hydrogens is 214 g/mol. The van der Waals surface area contributed by atoms with Gasteiger partial charge in [0, 0.05) is 0 Å². The molecule has 2 aliphatic rings. The normalized spacial score (nSPS) is 35.8. The SMILES string of the molecule is CC1(C)CC(C(=O)C2CCCCN2)C(C)(C)O1. The first-order chi connectivity index (χ1) is 7.82. The maximum Gasteiger partial charge on any atom is 0.155 e. The summed E-state index contributed by atoms with van der Waals surface area (Å²) in [7, 11) is 0. The zero-order valence-corrected chi connectivity index (χ0v) is 11.5. The van der Waals surface area contributed by atoms with Crippen LogP contribution in [-0.2, 0) is 9.53 Å². The van der Waals surface area contributed by atoms with E-state index in [9.17, 15) is 4.79 Å². The van der Waals surface area contributed by atoms with Gasteiger partial charge in [-0.1, -0.05) is 6.42 Å². The lowest BCUT2D eigenvalue weighted by molar-refractivity contribution is -0.132. The van der Waals surface area contributed by atoms with Crippen molar-refractivity contribution in [3.8, 4) is 0 Å². The number of Topliss-reactive ketones (excluding diaryl/α,β-unsaturated/α-hetero) is 1. The summed E-state index contributed by atoms with van der Waals surface area (Å²) in [6, 6.07) is 0.0607. The van der Waals surface area contributed by atoms with E-state index >= 15 is 0 Å². The first-order valence-electron chi connectivity index (χ1n) is 6.79. The van der Waals surface area contributed by atoms with Crippen LogP contribution >= 0.6 is 0 Å². The van der Waals surface area contributed by atoms with Crippen LogP contribution in [0, 0.1) is 5.92 Å².